The number of amides is 5. The third kappa shape index (κ3) is 14.6. The number of hydrogen-bond acceptors (Lipinski definition) is 9. The van der Waals surface area contributed by atoms with Crippen LogP contribution in [-0.4, -0.2) is 108 Å². The van der Waals surface area contributed by atoms with Crippen molar-refractivity contribution in [2.75, 3.05) is 20.6 Å². The molecule has 3 N–H and O–H groups in total. The van der Waals surface area contributed by atoms with Gasteiger partial charge in [-0.25, -0.2) is 9.59 Å². The molecule has 8 atom stereocenters. The Morgan fingerprint density at radius 2 is 1.50 bits per heavy atom. The van der Waals surface area contributed by atoms with Gasteiger partial charge in [-0.2, -0.15) is 0 Å². The minimum Gasteiger partial charge on any atom is -0.456 e. The third-order valence-electron chi connectivity index (χ3n) is 10.3. The number of nitrogens with one attached hydrogen (secondary N) is 3. The van der Waals surface area contributed by atoms with Gasteiger partial charge in [0.05, 0.1) is 6.54 Å². The van der Waals surface area contributed by atoms with Gasteiger partial charge in [-0.05, 0) is 64.0 Å². The Labute approximate surface area is 344 Å². The van der Waals surface area contributed by atoms with Gasteiger partial charge in [-0.1, -0.05) is 95.7 Å². The Kier molecular flexibility index (Phi) is 19.6. The molecule has 1 unspecified atom stereocenters. The second kappa shape index (κ2) is 23.2. The van der Waals surface area contributed by atoms with E-state index in [9.17, 15) is 33.6 Å². The SMILES string of the molecule is C/C=C(\C)[C@H]1OC(=O)[C@@H](C)NC(=O)[C@H](C(C)CC)NC(=O)CN(C)C(=O)[C@@H](Cc2ccccc2)N(C)C(=O)[C@H](C)NC(=O)[C@@H](CC(C)C)OC(=O)/C(C)=C/C=C/[C@@H]1C. The van der Waals surface area contributed by atoms with Crippen molar-refractivity contribution in [2.24, 2.45) is 17.8 Å². The van der Waals surface area contributed by atoms with E-state index in [1.807, 2.05) is 65.8 Å². The van der Waals surface area contributed by atoms with Crippen LogP contribution in [0.3, 0.4) is 0 Å². The highest BCUT2D eigenvalue weighted by atomic mass is 16.6. The molecule has 0 bridgehead atoms. The summed E-state index contributed by atoms with van der Waals surface area (Å²) >= 11 is 0. The van der Waals surface area contributed by atoms with Crippen molar-refractivity contribution in [3.63, 3.8) is 0 Å². The molecule has 320 valence electrons. The smallest absolute Gasteiger partial charge is 0.334 e. The monoisotopic (exact) mass is 807 g/mol. The summed E-state index contributed by atoms with van der Waals surface area (Å²) in [7, 11) is 2.88. The third-order valence-corrected chi connectivity index (χ3v) is 10.3. The second-order valence-electron chi connectivity index (χ2n) is 15.7. The molecule has 0 saturated heterocycles. The Morgan fingerprint density at radius 1 is 0.879 bits per heavy atom. The fourth-order valence-corrected chi connectivity index (χ4v) is 6.29. The molecule has 2 rings (SSSR count). The number of carbonyl (C=O) groups excluding carboxylic acids is 7. The molecular weight excluding hydrogens is 743 g/mol. The first-order valence-electron chi connectivity index (χ1n) is 20.1. The van der Waals surface area contributed by atoms with E-state index < -0.39 is 84.4 Å². The van der Waals surface area contributed by atoms with E-state index in [0.29, 0.717) is 6.42 Å². The van der Waals surface area contributed by atoms with Gasteiger partial charge in [0.15, 0.2) is 6.10 Å². The van der Waals surface area contributed by atoms with Crippen molar-refractivity contribution in [3.05, 3.63) is 71.3 Å². The molecule has 0 aromatic heterocycles. The second-order valence-corrected chi connectivity index (χ2v) is 15.7. The van der Waals surface area contributed by atoms with Crippen molar-refractivity contribution in [1.82, 2.24) is 25.8 Å². The Balaban J connectivity index is 2.62. The van der Waals surface area contributed by atoms with Crippen molar-refractivity contribution < 1.29 is 43.0 Å². The largest absolute Gasteiger partial charge is 0.456 e. The number of ether oxygens (including phenoxy) is 2. The van der Waals surface area contributed by atoms with Gasteiger partial charge in [-0.15, -0.1) is 0 Å². The number of allylic oxidation sites excluding steroid dienone is 3. The lowest BCUT2D eigenvalue weighted by atomic mass is 9.97. The lowest BCUT2D eigenvalue weighted by molar-refractivity contribution is -0.154. The van der Waals surface area contributed by atoms with Crippen molar-refractivity contribution >= 4 is 41.5 Å². The van der Waals surface area contributed by atoms with E-state index in [1.54, 1.807) is 38.1 Å². The molecule has 0 radical (unpaired) electrons. The van der Waals surface area contributed by atoms with E-state index >= 15 is 0 Å². The number of rotatable bonds is 7. The van der Waals surface area contributed by atoms with E-state index in [4.69, 9.17) is 9.47 Å². The summed E-state index contributed by atoms with van der Waals surface area (Å²) in [6.07, 6.45) is 5.62. The van der Waals surface area contributed by atoms with E-state index in [0.717, 1.165) is 11.1 Å². The lowest BCUT2D eigenvalue weighted by Crippen LogP contribution is -2.57. The average molecular weight is 808 g/mol. The first-order valence-corrected chi connectivity index (χ1v) is 20.1. The van der Waals surface area contributed by atoms with E-state index in [-0.39, 0.29) is 36.2 Å². The maximum atomic E-state index is 14.1. The van der Waals surface area contributed by atoms with Gasteiger partial charge >= 0.3 is 11.9 Å². The zero-order valence-corrected chi connectivity index (χ0v) is 36.3. The summed E-state index contributed by atoms with van der Waals surface area (Å²) in [5.41, 5.74) is 1.71. The van der Waals surface area contributed by atoms with Crippen LogP contribution >= 0.6 is 0 Å². The molecule has 58 heavy (non-hydrogen) atoms. The van der Waals surface area contributed by atoms with Gasteiger partial charge < -0.3 is 35.2 Å². The molecule has 14 nitrogen and oxygen atoms in total. The fourth-order valence-electron chi connectivity index (χ4n) is 6.29. The number of carbonyl (C=O) groups is 7. The minimum atomic E-state index is -1.22. The number of nitrogens with zero attached hydrogens (tertiary/aromatic N) is 2. The molecule has 0 aliphatic carbocycles. The minimum absolute atomic E-state index is 0.0470. The Bertz CT molecular complexity index is 1710. The quantitative estimate of drug-likeness (QED) is 0.271. The standard InChI is InChI=1S/C44H65N5O9/c1-13-27(5)37-40(52)46-32(10)44(56)58-38(28(6)14-2)29(7)19-18-20-30(8)43(55)57-35(23-26(3)4)39(51)45-31(9)41(53)49(12)34(24-33-21-16-15-17-22-33)42(54)48(11)25-36(50)47-37/h14-22,26-27,29,31-32,34-35,37-38H,13,23-25H2,1-12H3,(H,45,51)(H,46,52)(H,47,50)/b19-18+,28-14+,30-20+/t27?,29-,31-,32+,34+,35+,37-,38+/m0/s1. The average Bonchev–Trinajstić information content (AvgIpc) is 3.18. The maximum Gasteiger partial charge on any atom is 0.334 e. The first-order chi connectivity index (χ1) is 27.2. The zero-order valence-electron chi connectivity index (χ0n) is 36.3. The molecule has 0 saturated carbocycles. The summed E-state index contributed by atoms with van der Waals surface area (Å²) in [5, 5.41) is 8.10. The number of likely N-dealkylation sites (N-methyl/N-ethyl adjacent to an activating group) is 2. The highest BCUT2D eigenvalue weighted by molar-refractivity contribution is 5.96. The molecule has 0 spiro atoms. The predicted octanol–water partition coefficient (Wildman–Crippen LogP) is 4.04. The van der Waals surface area contributed by atoms with Gasteiger partial charge in [0, 0.05) is 32.0 Å². The fraction of sp³-hybridized carbons (Fsp3) is 0.568. The number of benzene rings is 1. The molecule has 1 aliphatic rings. The predicted molar refractivity (Wildman–Crippen MR) is 222 cm³/mol. The van der Waals surface area contributed by atoms with Gasteiger partial charge in [0.2, 0.25) is 23.6 Å². The molecule has 1 aromatic carbocycles. The van der Waals surface area contributed by atoms with Crippen molar-refractivity contribution in [2.45, 2.75) is 125 Å². The van der Waals surface area contributed by atoms with Gasteiger partial charge in [-0.3, -0.25) is 24.0 Å². The molecule has 1 aromatic rings. The lowest BCUT2D eigenvalue weighted by Gasteiger charge is -2.33. The molecular formula is C44H65N5O9. The van der Waals surface area contributed by atoms with Crippen LogP contribution in [0.4, 0.5) is 0 Å². The van der Waals surface area contributed by atoms with Crippen molar-refractivity contribution in [1.29, 1.82) is 0 Å². The molecule has 1 heterocycles. The van der Waals surface area contributed by atoms with Crippen LogP contribution in [0.25, 0.3) is 0 Å². The van der Waals surface area contributed by atoms with Gasteiger partial charge in [0.1, 0.15) is 30.3 Å². The van der Waals surface area contributed by atoms with Crippen LogP contribution in [0.5, 0.6) is 0 Å². The van der Waals surface area contributed by atoms with Crippen LogP contribution < -0.4 is 16.0 Å². The van der Waals surface area contributed by atoms with Crippen LogP contribution in [0.15, 0.2) is 65.8 Å². The normalized spacial score (nSPS) is 28.1. The summed E-state index contributed by atoms with van der Waals surface area (Å²) < 4.78 is 11.6. The number of cyclic esters (lactones) is 2. The first kappa shape index (κ1) is 48.9. The highest BCUT2D eigenvalue weighted by Crippen LogP contribution is 2.20. The topological polar surface area (TPSA) is 181 Å². The number of hydrogen-bond donors (Lipinski definition) is 3. The molecule has 0 fully saturated rings. The van der Waals surface area contributed by atoms with Gasteiger partial charge in [0.25, 0.3) is 5.91 Å². The summed E-state index contributed by atoms with van der Waals surface area (Å²) in [4.78, 5) is 97.8. The summed E-state index contributed by atoms with van der Waals surface area (Å²) in [6, 6.07) is 4.72. The molecule has 1 aliphatic heterocycles. The highest BCUT2D eigenvalue weighted by Gasteiger charge is 2.36. The summed E-state index contributed by atoms with van der Waals surface area (Å²) in [5.74, 6) is -5.21. The molecule has 14 heteroatoms. The maximum absolute atomic E-state index is 14.1. The van der Waals surface area contributed by atoms with Crippen LogP contribution in [-0.2, 0) is 49.5 Å². The number of esters is 2. The zero-order chi connectivity index (χ0) is 43.9. The van der Waals surface area contributed by atoms with Crippen LogP contribution in [0, 0.1) is 17.8 Å². The van der Waals surface area contributed by atoms with Crippen LogP contribution in [0.2, 0.25) is 0 Å². The van der Waals surface area contributed by atoms with E-state index in [1.165, 1.54) is 43.8 Å². The Morgan fingerprint density at radius 3 is 2.09 bits per heavy atom. The van der Waals surface area contributed by atoms with Crippen LogP contribution in [0.1, 0.15) is 87.6 Å². The van der Waals surface area contributed by atoms with Crippen molar-refractivity contribution in [3.8, 4) is 0 Å². The summed E-state index contributed by atoms with van der Waals surface area (Å²) in [6.45, 7) is 16.9. The molecule has 5 amide bonds. The Hall–Kier alpha value is -5.27. The van der Waals surface area contributed by atoms with E-state index in [2.05, 4.69) is 16.0 Å².